The molecule has 2 nitrogen and oxygen atoms in total. The molecule has 0 unspecified atom stereocenters. The standard InChI is InChI=1S/C14H12O2/c1-3-7-13-11(5-1)9-12-6-2-4-8-14(12)16-10-15-13/h1-5,7-9H,6,10H2/b12-9-. The first kappa shape index (κ1) is 9.28. The lowest BCUT2D eigenvalue weighted by atomic mass is 10.0. The quantitative estimate of drug-likeness (QED) is 0.657. The molecule has 1 aliphatic carbocycles. The summed E-state index contributed by atoms with van der Waals surface area (Å²) in [5.41, 5.74) is 2.32. The Labute approximate surface area is 94.5 Å². The fraction of sp³-hybridized carbons (Fsp3) is 0.143. The second kappa shape index (κ2) is 3.89. The minimum absolute atomic E-state index is 0.272. The Hall–Kier alpha value is -1.96. The van der Waals surface area contributed by atoms with Crippen molar-refractivity contribution in [1.29, 1.82) is 0 Å². The molecule has 1 aromatic carbocycles. The van der Waals surface area contributed by atoms with Crippen LogP contribution >= 0.6 is 0 Å². The van der Waals surface area contributed by atoms with E-state index in [1.54, 1.807) is 0 Å². The van der Waals surface area contributed by atoms with Gasteiger partial charge in [-0.3, -0.25) is 0 Å². The maximum Gasteiger partial charge on any atom is 0.230 e. The van der Waals surface area contributed by atoms with Crippen molar-refractivity contribution < 1.29 is 9.47 Å². The zero-order valence-electron chi connectivity index (χ0n) is 8.85. The van der Waals surface area contributed by atoms with Crippen molar-refractivity contribution in [3.63, 3.8) is 0 Å². The molecule has 3 rings (SSSR count). The molecule has 80 valence electrons. The maximum absolute atomic E-state index is 5.56. The molecule has 0 amide bonds. The third-order valence-electron chi connectivity index (χ3n) is 2.72. The molecular formula is C14H12O2. The topological polar surface area (TPSA) is 18.5 Å². The fourth-order valence-electron chi connectivity index (χ4n) is 1.90. The molecule has 0 saturated carbocycles. The van der Waals surface area contributed by atoms with Gasteiger partial charge in [0.1, 0.15) is 11.5 Å². The molecule has 0 aromatic heterocycles. The predicted molar refractivity (Wildman–Crippen MR) is 62.8 cm³/mol. The number of hydrogen-bond donors (Lipinski definition) is 0. The monoisotopic (exact) mass is 212 g/mol. The zero-order chi connectivity index (χ0) is 10.8. The van der Waals surface area contributed by atoms with Crippen molar-refractivity contribution in [1.82, 2.24) is 0 Å². The summed E-state index contributed by atoms with van der Waals surface area (Å²) in [4.78, 5) is 0. The first-order valence-corrected chi connectivity index (χ1v) is 5.36. The molecule has 0 N–H and O–H groups in total. The van der Waals surface area contributed by atoms with Crippen LogP contribution in [0.5, 0.6) is 5.75 Å². The number of para-hydroxylation sites is 1. The number of ether oxygens (including phenoxy) is 2. The van der Waals surface area contributed by atoms with Crippen molar-refractivity contribution in [2.45, 2.75) is 6.42 Å². The third kappa shape index (κ3) is 1.63. The third-order valence-corrected chi connectivity index (χ3v) is 2.72. The van der Waals surface area contributed by atoms with E-state index in [4.69, 9.17) is 9.47 Å². The molecule has 2 aliphatic rings. The van der Waals surface area contributed by atoms with Crippen LogP contribution in [0, 0.1) is 0 Å². The van der Waals surface area contributed by atoms with E-state index in [-0.39, 0.29) is 6.79 Å². The largest absolute Gasteiger partial charge is 0.457 e. The van der Waals surface area contributed by atoms with E-state index in [0.717, 1.165) is 23.5 Å². The number of allylic oxidation sites excluding steroid dienone is 4. The van der Waals surface area contributed by atoms with E-state index in [0.29, 0.717) is 0 Å². The van der Waals surface area contributed by atoms with Gasteiger partial charge in [0.25, 0.3) is 0 Å². The molecule has 0 radical (unpaired) electrons. The highest BCUT2D eigenvalue weighted by molar-refractivity contribution is 5.64. The average molecular weight is 212 g/mol. The van der Waals surface area contributed by atoms with Gasteiger partial charge in [-0.15, -0.1) is 0 Å². The normalized spacial score (nSPS) is 21.0. The van der Waals surface area contributed by atoms with Gasteiger partial charge in [0, 0.05) is 5.56 Å². The molecule has 16 heavy (non-hydrogen) atoms. The highest BCUT2D eigenvalue weighted by atomic mass is 16.7. The second-order valence-electron chi connectivity index (χ2n) is 3.78. The minimum Gasteiger partial charge on any atom is -0.457 e. The number of hydrogen-bond acceptors (Lipinski definition) is 2. The molecule has 0 atom stereocenters. The lowest BCUT2D eigenvalue weighted by Crippen LogP contribution is -2.08. The minimum atomic E-state index is 0.272. The Kier molecular flexibility index (Phi) is 2.26. The Balaban J connectivity index is 2.09. The first-order chi connectivity index (χ1) is 7.93. The second-order valence-corrected chi connectivity index (χ2v) is 3.78. The van der Waals surface area contributed by atoms with E-state index < -0.39 is 0 Å². The van der Waals surface area contributed by atoms with Crippen LogP contribution in [-0.2, 0) is 4.74 Å². The summed E-state index contributed by atoms with van der Waals surface area (Å²) >= 11 is 0. The molecule has 1 aromatic rings. The highest BCUT2D eigenvalue weighted by Gasteiger charge is 2.13. The van der Waals surface area contributed by atoms with Gasteiger partial charge in [0.2, 0.25) is 6.79 Å². The van der Waals surface area contributed by atoms with Gasteiger partial charge in [0.05, 0.1) is 0 Å². The average Bonchev–Trinajstić information content (AvgIpc) is 2.29. The lowest BCUT2D eigenvalue weighted by Gasteiger charge is -2.19. The van der Waals surface area contributed by atoms with Gasteiger partial charge in [-0.2, -0.15) is 0 Å². The maximum atomic E-state index is 5.56. The summed E-state index contributed by atoms with van der Waals surface area (Å²) in [6, 6.07) is 8.01. The number of benzene rings is 1. The van der Waals surface area contributed by atoms with Crippen molar-refractivity contribution in [3.05, 3.63) is 59.4 Å². The van der Waals surface area contributed by atoms with Crippen LogP contribution in [0.3, 0.4) is 0 Å². The lowest BCUT2D eigenvalue weighted by molar-refractivity contribution is 0.0634. The zero-order valence-corrected chi connectivity index (χ0v) is 8.85. The predicted octanol–water partition coefficient (Wildman–Crippen LogP) is 3.28. The molecule has 0 saturated heterocycles. The Morgan fingerprint density at radius 2 is 2.00 bits per heavy atom. The van der Waals surface area contributed by atoms with E-state index in [9.17, 15) is 0 Å². The van der Waals surface area contributed by atoms with Gasteiger partial charge >= 0.3 is 0 Å². The Bertz CT molecular complexity index is 495. The summed E-state index contributed by atoms with van der Waals surface area (Å²) in [5.74, 6) is 1.79. The summed E-state index contributed by atoms with van der Waals surface area (Å²) < 4.78 is 11.1. The van der Waals surface area contributed by atoms with Crippen LogP contribution in [0.4, 0.5) is 0 Å². The van der Waals surface area contributed by atoms with E-state index in [1.807, 2.05) is 30.4 Å². The molecule has 1 aliphatic heterocycles. The van der Waals surface area contributed by atoms with Crippen molar-refractivity contribution in [3.8, 4) is 5.75 Å². The first-order valence-electron chi connectivity index (χ1n) is 5.36. The van der Waals surface area contributed by atoms with Gasteiger partial charge in [0.15, 0.2) is 0 Å². The van der Waals surface area contributed by atoms with Gasteiger partial charge in [-0.1, -0.05) is 30.4 Å². The summed E-state index contributed by atoms with van der Waals surface area (Å²) in [5, 5.41) is 0. The van der Waals surface area contributed by atoms with Gasteiger partial charge in [-0.05, 0) is 30.2 Å². The Morgan fingerprint density at radius 1 is 1.06 bits per heavy atom. The number of fused-ring (bicyclic) bond motifs is 2. The van der Waals surface area contributed by atoms with Crippen molar-refractivity contribution >= 4 is 6.08 Å². The van der Waals surface area contributed by atoms with E-state index >= 15 is 0 Å². The summed E-state index contributed by atoms with van der Waals surface area (Å²) in [6.45, 7) is 0.272. The van der Waals surface area contributed by atoms with E-state index in [1.165, 1.54) is 5.57 Å². The molecule has 0 bridgehead atoms. The molecular weight excluding hydrogens is 200 g/mol. The Morgan fingerprint density at radius 3 is 3.00 bits per heavy atom. The number of rotatable bonds is 0. The van der Waals surface area contributed by atoms with Gasteiger partial charge in [-0.25, -0.2) is 0 Å². The van der Waals surface area contributed by atoms with Gasteiger partial charge < -0.3 is 9.47 Å². The van der Waals surface area contributed by atoms with Crippen LogP contribution in [0.2, 0.25) is 0 Å². The van der Waals surface area contributed by atoms with Crippen LogP contribution in [0.15, 0.2) is 53.8 Å². The molecule has 1 heterocycles. The fourth-order valence-corrected chi connectivity index (χ4v) is 1.90. The van der Waals surface area contributed by atoms with Crippen molar-refractivity contribution in [2.75, 3.05) is 6.79 Å². The van der Waals surface area contributed by atoms with E-state index in [2.05, 4.69) is 18.2 Å². The van der Waals surface area contributed by atoms with Crippen LogP contribution in [-0.4, -0.2) is 6.79 Å². The molecule has 0 fully saturated rings. The van der Waals surface area contributed by atoms with Crippen LogP contribution < -0.4 is 4.74 Å². The SMILES string of the molecule is C1=CC/C2=C/c3ccccc3OCOC2=C1. The smallest absolute Gasteiger partial charge is 0.230 e. The van der Waals surface area contributed by atoms with Crippen molar-refractivity contribution in [2.24, 2.45) is 0 Å². The summed E-state index contributed by atoms with van der Waals surface area (Å²) in [6.07, 6.45) is 9.17. The molecule has 2 heteroatoms. The van der Waals surface area contributed by atoms with Crippen LogP contribution in [0.25, 0.3) is 6.08 Å². The molecule has 0 spiro atoms. The van der Waals surface area contributed by atoms with Crippen LogP contribution in [0.1, 0.15) is 12.0 Å². The summed E-state index contributed by atoms with van der Waals surface area (Å²) in [7, 11) is 0. The highest BCUT2D eigenvalue weighted by Crippen LogP contribution is 2.29.